The van der Waals surface area contributed by atoms with Gasteiger partial charge in [0.1, 0.15) is 0 Å². The van der Waals surface area contributed by atoms with Crippen molar-refractivity contribution in [3.8, 4) is 0 Å². The van der Waals surface area contributed by atoms with E-state index in [0.717, 1.165) is 4.88 Å². The fourth-order valence-corrected chi connectivity index (χ4v) is 1.63. The number of aryl methyl sites for hydroxylation is 1. The summed E-state index contributed by atoms with van der Waals surface area (Å²) in [7, 11) is 0. The lowest BCUT2D eigenvalue weighted by molar-refractivity contribution is 0.0212. The molecular formula is C10H15NO2S. The van der Waals surface area contributed by atoms with Gasteiger partial charge in [-0.15, -0.1) is 11.3 Å². The molecule has 14 heavy (non-hydrogen) atoms. The highest BCUT2D eigenvalue weighted by atomic mass is 32.1. The van der Waals surface area contributed by atoms with Gasteiger partial charge in [-0.25, -0.2) is 5.48 Å². The minimum Gasteiger partial charge on any atom is -0.273 e. The van der Waals surface area contributed by atoms with E-state index >= 15 is 0 Å². The molecule has 78 valence electrons. The first-order valence-electron chi connectivity index (χ1n) is 4.58. The maximum atomic E-state index is 11.4. The van der Waals surface area contributed by atoms with Gasteiger partial charge in [0.2, 0.25) is 0 Å². The third-order valence-electron chi connectivity index (χ3n) is 1.55. The van der Waals surface area contributed by atoms with Crippen molar-refractivity contribution in [1.29, 1.82) is 0 Å². The van der Waals surface area contributed by atoms with Crippen LogP contribution in [0.3, 0.4) is 0 Å². The van der Waals surface area contributed by atoms with E-state index in [1.54, 1.807) is 6.07 Å². The second-order valence-electron chi connectivity index (χ2n) is 3.55. The Morgan fingerprint density at radius 2 is 2.29 bits per heavy atom. The zero-order chi connectivity index (χ0) is 10.6. The van der Waals surface area contributed by atoms with Crippen molar-refractivity contribution in [3.63, 3.8) is 0 Å². The van der Waals surface area contributed by atoms with Gasteiger partial charge < -0.3 is 0 Å². The van der Waals surface area contributed by atoms with Crippen molar-refractivity contribution in [3.05, 3.63) is 21.9 Å². The van der Waals surface area contributed by atoms with Gasteiger partial charge in [-0.05, 0) is 25.0 Å². The standard InChI is InChI=1S/C10H15NO2S/c1-7(2)6-13-11-10(12)9-5-4-8(3)14-9/h4-5,7H,6H2,1-3H3,(H,11,12). The molecule has 0 bridgehead atoms. The second kappa shape index (κ2) is 5.12. The predicted octanol–water partition coefficient (Wildman–Crippen LogP) is 2.37. The summed E-state index contributed by atoms with van der Waals surface area (Å²) in [5, 5.41) is 0. The van der Waals surface area contributed by atoms with Gasteiger partial charge in [-0.1, -0.05) is 13.8 Å². The molecular weight excluding hydrogens is 198 g/mol. The zero-order valence-corrected chi connectivity index (χ0v) is 9.48. The monoisotopic (exact) mass is 213 g/mol. The number of amides is 1. The Bertz CT molecular complexity index is 307. The lowest BCUT2D eigenvalue weighted by atomic mass is 10.2. The molecule has 3 nitrogen and oxygen atoms in total. The van der Waals surface area contributed by atoms with Crippen LogP contribution in [-0.4, -0.2) is 12.5 Å². The highest BCUT2D eigenvalue weighted by molar-refractivity contribution is 7.13. The Hall–Kier alpha value is -0.870. The van der Waals surface area contributed by atoms with Crippen molar-refractivity contribution >= 4 is 17.2 Å². The molecule has 0 aliphatic rings. The van der Waals surface area contributed by atoms with Gasteiger partial charge >= 0.3 is 0 Å². The molecule has 1 aromatic heterocycles. The SMILES string of the molecule is Cc1ccc(C(=O)NOCC(C)C)s1. The number of hydrogen-bond donors (Lipinski definition) is 1. The van der Waals surface area contributed by atoms with E-state index in [1.165, 1.54) is 11.3 Å². The summed E-state index contributed by atoms with van der Waals surface area (Å²) in [6.45, 7) is 6.56. The molecule has 0 unspecified atom stereocenters. The van der Waals surface area contributed by atoms with Gasteiger partial charge in [0.05, 0.1) is 11.5 Å². The van der Waals surface area contributed by atoms with Crippen LogP contribution in [0.2, 0.25) is 0 Å². The number of hydroxylamine groups is 1. The first-order valence-corrected chi connectivity index (χ1v) is 5.40. The molecule has 0 fully saturated rings. The summed E-state index contributed by atoms with van der Waals surface area (Å²) in [4.78, 5) is 18.3. The molecule has 0 saturated heterocycles. The fourth-order valence-electron chi connectivity index (χ4n) is 0.881. The minimum absolute atomic E-state index is 0.163. The normalized spacial score (nSPS) is 10.6. The summed E-state index contributed by atoms with van der Waals surface area (Å²) in [5.74, 6) is 0.254. The molecule has 1 amide bonds. The Balaban J connectivity index is 2.36. The molecule has 0 aliphatic carbocycles. The third kappa shape index (κ3) is 3.47. The van der Waals surface area contributed by atoms with E-state index in [1.807, 2.05) is 26.8 Å². The number of hydrogen-bond acceptors (Lipinski definition) is 3. The van der Waals surface area contributed by atoms with Crippen molar-refractivity contribution in [2.45, 2.75) is 20.8 Å². The molecule has 0 spiro atoms. The van der Waals surface area contributed by atoms with E-state index in [9.17, 15) is 4.79 Å². The smallest absolute Gasteiger partial charge is 0.273 e. The zero-order valence-electron chi connectivity index (χ0n) is 8.66. The lowest BCUT2D eigenvalue weighted by Gasteiger charge is -2.06. The Kier molecular flexibility index (Phi) is 4.10. The third-order valence-corrected chi connectivity index (χ3v) is 2.55. The van der Waals surface area contributed by atoms with Crippen LogP contribution in [0.25, 0.3) is 0 Å². The molecule has 0 aliphatic heterocycles. The molecule has 0 aromatic carbocycles. The predicted molar refractivity (Wildman–Crippen MR) is 57.3 cm³/mol. The van der Waals surface area contributed by atoms with Gasteiger partial charge in [-0.3, -0.25) is 9.63 Å². The van der Waals surface area contributed by atoms with Crippen LogP contribution in [0.1, 0.15) is 28.4 Å². The first-order chi connectivity index (χ1) is 6.59. The first kappa shape index (κ1) is 11.2. The number of thiophene rings is 1. The van der Waals surface area contributed by atoms with Crippen molar-refractivity contribution in [1.82, 2.24) is 5.48 Å². The van der Waals surface area contributed by atoms with E-state index in [2.05, 4.69) is 5.48 Å². The Labute approximate surface area is 88.0 Å². The van der Waals surface area contributed by atoms with Gasteiger partial charge in [0, 0.05) is 4.88 Å². The van der Waals surface area contributed by atoms with E-state index in [-0.39, 0.29) is 5.91 Å². The summed E-state index contributed by atoms with van der Waals surface area (Å²) < 4.78 is 0. The molecule has 1 aromatic rings. The number of carbonyl (C=O) groups is 1. The number of rotatable bonds is 4. The topological polar surface area (TPSA) is 38.3 Å². The summed E-state index contributed by atoms with van der Waals surface area (Å²) >= 11 is 1.46. The second-order valence-corrected chi connectivity index (χ2v) is 4.83. The Morgan fingerprint density at radius 1 is 1.57 bits per heavy atom. The molecule has 4 heteroatoms. The maximum absolute atomic E-state index is 11.4. The molecule has 1 N–H and O–H groups in total. The number of nitrogens with one attached hydrogen (secondary N) is 1. The quantitative estimate of drug-likeness (QED) is 0.780. The highest BCUT2D eigenvalue weighted by Crippen LogP contribution is 2.14. The molecule has 1 heterocycles. The molecule has 0 radical (unpaired) electrons. The average molecular weight is 213 g/mol. The fraction of sp³-hybridized carbons (Fsp3) is 0.500. The molecule has 1 rings (SSSR count). The highest BCUT2D eigenvalue weighted by Gasteiger charge is 2.07. The van der Waals surface area contributed by atoms with Crippen molar-refractivity contribution < 1.29 is 9.63 Å². The molecule has 0 saturated carbocycles. The van der Waals surface area contributed by atoms with Gasteiger partial charge in [0.25, 0.3) is 5.91 Å². The van der Waals surface area contributed by atoms with Crippen molar-refractivity contribution in [2.24, 2.45) is 5.92 Å². The van der Waals surface area contributed by atoms with Crippen LogP contribution >= 0.6 is 11.3 Å². The van der Waals surface area contributed by atoms with E-state index in [0.29, 0.717) is 17.4 Å². The van der Waals surface area contributed by atoms with E-state index in [4.69, 9.17) is 4.84 Å². The summed E-state index contributed by atoms with van der Waals surface area (Å²) in [5.41, 5.74) is 2.42. The van der Waals surface area contributed by atoms with Gasteiger partial charge in [0.15, 0.2) is 0 Å². The maximum Gasteiger partial charge on any atom is 0.284 e. The van der Waals surface area contributed by atoms with Crippen LogP contribution < -0.4 is 5.48 Å². The van der Waals surface area contributed by atoms with Crippen LogP contribution in [0.5, 0.6) is 0 Å². The van der Waals surface area contributed by atoms with Gasteiger partial charge in [-0.2, -0.15) is 0 Å². The lowest BCUT2D eigenvalue weighted by Crippen LogP contribution is -2.24. The number of carbonyl (C=O) groups excluding carboxylic acids is 1. The summed E-state index contributed by atoms with van der Waals surface area (Å²) in [6, 6.07) is 3.72. The van der Waals surface area contributed by atoms with Crippen LogP contribution in [0.4, 0.5) is 0 Å². The minimum atomic E-state index is -0.163. The van der Waals surface area contributed by atoms with Crippen LogP contribution in [-0.2, 0) is 4.84 Å². The van der Waals surface area contributed by atoms with Crippen LogP contribution in [0.15, 0.2) is 12.1 Å². The van der Waals surface area contributed by atoms with Crippen LogP contribution in [0, 0.1) is 12.8 Å². The summed E-state index contributed by atoms with van der Waals surface area (Å²) in [6.07, 6.45) is 0. The Morgan fingerprint density at radius 3 is 2.79 bits per heavy atom. The largest absolute Gasteiger partial charge is 0.284 e. The van der Waals surface area contributed by atoms with Crippen molar-refractivity contribution in [2.75, 3.05) is 6.61 Å². The molecule has 0 atom stereocenters. The average Bonchev–Trinajstić information content (AvgIpc) is 2.51. The van der Waals surface area contributed by atoms with E-state index < -0.39 is 0 Å².